The molecule has 0 saturated heterocycles. The van der Waals surface area contributed by atoms with Crippen LogP contribution in [0, 0.1) is 11.8 Å². The summed E-state index contributed by atoms with van der Waals surface area (Å²) in [7, 11) is 0. The molecule has 0 unspecified atom stereocenters. The molecule has 0 spiro atoms. The first kappa shape index (κ1) is 26.7. The number of carboxylic acids is 1. The molecule has 1 aliphatic rings. The van der Waals surface area contributed by atoms with Crippen molar-refractivity contribution in [1.29, 1.82) is 0 Å². The number of para-hydroxylation sites is 1. The molecule has 1 fully saturated rings. The van der Waals surface area contributed by atoms with E-state index in [1.165, 1.54) is 18.4 Å². The van der Waals surface area contributed by atoms with Crippen LogP contribution in [0.15, 0.2) is 18.2 Å². The minimum Gasteiger partial charge on any atom is -0.475 e. The Bertz CT molecular complexity index is 745. The molecule has 0 aromatic heterocycles. The Balaban J connectivity index is 0.000000592. The highest BCUT2D eigenvalue weighted by Gasteiger charge is 2.38. The minimum absolute atomic E-state index is 0.0471. The van der Waals surface area contributed by atoms with E-state index in [0.29, 0.717) is 11.8 Å². The maximum absolute atomic E-state index is 11.9. The third kappa shape index (κ3) is 8.40. The second-order valence-electron chi connectivity index (χ2n) is 8.34. The van der Waals surface area contributed by atoms with Gasteiger partial charge in [0.05, 0.1) is 0 Å². The van der Waals surface area contributed by atoms with E-state index in [1.54, 1.807) is 0 Å². The second kappa shape index (κ2) is 11.4. The first-order valence-corrected chi connectivity index (χ1v) is 10.2. The normalized spacial score (nSPS) is 15.7. The summed E-state index contributed by atoms with van der Waals surface area (Å²) in [5, 5.41) is 7.12. The van der Waals surface area contributed by atoms with Gasteiger partial charge in [0.15, 0.2) is 0 Å². The number of esters is 1. The predicted molar refractivity (Wildman–Crippen MR) is 110 cm³/mol. The van der Waals surface area contributed by atoms with Gasteiger partial charge in [-0.15, -0.1) is 0 Å². The molecule has 0 amide bonds. The fourth-order valence-electron chi connectivity index (χ4n) is 2.92. The summed E-state index contributed by atoms with van der Waals surface area (Å²) in [6.45, 7) is 10.3. The number of carbonyl (C=O) groups is 2. The topological polar surface area (TPSA) is 98.9 Å². The van der Waals surface area contributed by atoms with Crippen LogP contribution in [0.1, 0.15) is 70.4 Å². The number of hydrogen-bond donors (Lipinski definition) is 2. The molecular weight excluding hydrogens is 415 g/mol. The molecule has 2 rings (SSSR count). The number of rotatable bonds is 8. The lowest BCUT2D eigenvalue weighted by Gasteiger charge is -2.22. The molecule has 3 N–H and O–H groups in total. The summed E-state index contributed by atoms with van der Waals surface area (Å²) in [4.78, 5) is 20.8. The molecule has 1 saturated carbocycles. The maximum atomic E-state index is 11.9. The summed E-state index contributed by atoms with van der Waals surface area (Å²) < 4.78 is 42.9. The quantitative estimate of drug-likeness (QED) is 0.438. The summed E-state index contributed by atoms with van der Waals surface area (Å²) in [6.07, 6.45) is -2.52. The zero-order valence-corrected chi connectivity index (χ0v) is 18.5. The first-order valence-electron chi connectivity index (χ1n) is 10.2. The van der Waals surface area contributed by atoms with Gasteiger partial charge in [-0.2, -0.15) is 13.2 Å². The highest BCUT2D eigenvalue weighted by Crippen LogP contribution is 2.46. The Morgan fingerprint density at radius 2 is 1.65 bits per heavy atom. The maximum Gasteiger partial charge on any atom is 0.490 e. The molecule has 1 aromatic carbocycles. The zero-order valence-electron chi connectivity index (χ0n) is 18.5. The van der Waals surface area contributed by atoms with Crippen molar-refractivity contribution in [1.82, 2.24) is 0 Å². The van der Waals surface area contributed by atoms with Crippen LogP contribution in [0.4, 0.5) is 13.2 Å². The summed E-state index contributed by atoms with van der Waals surface area (Å²) in [5.41, 5.74) is 8.19. The van der Waals surface area contributed by atoms with Gasteiger partial charge in [0.2, 0.25) is 6.79 Å². The number of aliphatic carboxylic acids is 1. The van der Waals surface area contributed by atoms with E-state index < -0.39 is 24.2 Å². The summed E-state index contributed by atoms with van der Waals surface area (Å²) >= 11 is 0. The van der Waals surface area contributed by atoms with Gasteiger partial charge in [0.1, 0.15) is 11.8 Å². The third-order valence-corrected chi connectivity index (χ3v) is 5.15. The van der Waals surface area contributed by atoms with Gasteiger partial charge in [0.25, 0.3) is 0 Å². The van der Waals surface area contributed by atoms with Crippen molar-refractivity contribution in [3.63, 3.8) is 0 Å². The Kier molecular flexibility index (Phi) is 9.80. The van der Waals surface area contributed by atoms with E-state index in [1.807, 2.05) is 13.8 Å². The molecular formula is C22H32F3NO5. The lowest BCUT2D eigenvalue weighted by Crippen LogP contribution is -2.37. The molecule has 0 aliphatic heterocycles. The van der Waals surface area contributed by atoms with Crippen molar-refractivity contribution in [3.8, 4) is 5.75 Å². The van der Waals surface area contributed by atoms with E-state index in [-0.39, 0.29) is 12.7 Å². The van der Waals surface area contributed by atoms with Gasteiger partial charge in [-0.1, -0.05) is 52.8 Å². The van der Waals surface area contributed by atoms with E-state index in [0.717, 1.165) is 17.2 Å². The molecule has 9 heteroatoms. The zero-order chi connectivity index (χ0) is 23.9. The number of carbonyl (C=O) groups excluding carboxylic acids is 1. The van der Waals surface area contributed by atoms with Crippen molar-refractivity contribution in [3.05, 3.63) is 29.3 Å². The number of ether oxygens (including phenoxy) is 2. The highest BCUT2D eigenvalue weighted by atomic mass is 19.4. The molecule has 2 atom stereocenters. The fraction of sp³-hybridized carbons (Fsp3) is 0.636. The molecule has 31 heavy (non-hydrogen) atoms. The molecule has 176 valence electrons. The minimum atomic E-state index is -5.08. The number of hydrogen-bond acceptors (Lipinski definition) is 5. The summed E-state index contributed by atoms with van der Waals surface area (Å²) in [5.74, 6) is -0.695. The average Bonchev–Trinajstić information content (AvgIpc) is 3.51. The van der Waals surface area contributed by atoms with Gasteiger partial charge in [-0.25, -0.2) is 4.79 Å². The van der Waals surface area contributed by atoms with Crippen LogP contribution in [-0.4, -0.2) is 36.1 Å². The third-order valence-electron chi connectivity index (χ3n) is 5.15. The number of nitrogens with two attached hydrogens (primary N) is 1. The second-order valence-corrected chi connectivity index (χ2v) is 8.34. The van der Waals surface area contributed by atoms with Crippen LogP contribution in [0.5, 0.6) is 5.75 Å². The number of benzene rings is 1. The predicted octanol–water partition coefficient (Wildman–Crippen LogP) is 4.82. The molecule has 1 aromatic rings. The van der Waals surface area contributed by atoms with Gasteiger partial charge in [-0.05, 0) is 47.6 Å². The average molecular weight is 447 g/mol. The van der Waals surface area contributed by atoms with Gasteiger partial charge in [0, 0.05) is 0 Å². The van der Waals surface area contributed by atoms with Crippen molar-refractivity contribution in [2.45, 2.75) is 71.5 Å². The van der Waals surface area contributed by atoms with Crippen LogP contribution in [0.3, 0.4) is 0 Å². The largest absolute Gasteiger partial charge is 0.490 e. The molecule has 1 aliphatic carbocycles. The van der Waals surface area contributed by atoms with E-state index in [4.69, 9.17) is 25.1 Å². The van der Waals surface area contributed by atoms with Crippen LogP contribution >= 0.6 is 0 Å². The van der Waals surface area contributed by atoms with E-state index in [9.17, 15) is 18.0 Å². The fourth-order valence-corrected chi connectivity index (χ4v) is 2.92. The van der Waals surface area contributed by atoms with Crippen molar-refractivity contribution >= 4 is 11.9 Å². The molecule has 0 bridgehead atoms. The molecule has 0 heterocycles. The Labute approximate surface area is 180 Å². The molecule has 6 nitrogen and oxygen atoms in total. The van der Waals surface area contributed by atoms with Crippen molar-refractivity contribution in [2.24, 2.45) is 17.6 Å². The number of alkyl halides is 3. The Hall–Kier alpha value is -2.29. The van der Waals surface area contributed by atoms with Gasteiger partial charge >= 0.3 is 18.1 Å². The van der Waals surface area contributed by atoms with Crippen molar-refractivity contribution < 1.29 is 37.3 Å². The number of halogens is 3. The Morgan fingerprint density at radius 1 is 1.13 bits per heavy atom. The Morgan fingerprint density at radius 3 is 2.06 bits per heavy atom. The summed E-state index contributed by atoms with van der Waals surface area (Å²) in [6, 6.07) is 5.70. The van der Waals surface area contributed by atoms with E-state index >= 15 is 0 Å². The monoisotopic (exact) mass is 447 g/mol. The van der Waals surface area contributed by atoms with Crippen LogP contribution in [0.2, 0.25) is 0 Å². The van der Waals surface area contributed by atoms with Gasteiger partial charge < -0.3 is 20.3 Å². The lowest BCUT2D eigenvalue weighted by molar-refractivity contribution is -0.192. The standard InChI is InChI=1S/C20H31NO3.C2HF3O2/c1-12(2)16-7-6-8-17(14(5)15-9-10-15)19(16)23-11-24-20(22)18(21)13(3)4;3-2(4,5)1(6)7/h6-8,12-15,18H,9-11,21H2,1-5H3;(H,6,7)/t14-,18+;/m1./s1. The SMILES string of the molecule is CC(C)c1cccc([C@H](C)C2CC2)c1OCOC(=O)[C@@H](N)C(C)C.O=C(O)C(F)(F)F. The van der Waals surface area contributed by atoms with E-state index in [2.05, 4.69) is 39.0 Å². The first-order chi connectivity index (χ1) is 14.3. The van der Waals surface area contributed by atoms with Crippen molar-refractivity contribution in [2.75, 3.05) is 6.79 Å². The van der Waals surface area contributed by atoms with Gasteiger partial charge in [-0.3, -0.25) is 4.79 Å². The van der Waals surface area contributed by atoms with Crippen LogP contribution in [0.25, 0.3) is 0 Å². The smallest absolute Gasteiger partial charge is 0.475 e. The molecule has 0 radical (unpaired) electrons. The highest BCUT2D eigenvalue weighted by molar-refractivity contribution is 5.75. The lowest BCUT2D eigenvalue weighted by atomic mass is 9.90. The number of carboxylic acid groups (broad SMARTS) is 1. The van der Waals surface area contributed by atoms with Crippen LogP contribution in [-0.2, 0) is 14.3 Å². The van der Waals surface area contributed by atoms with Crippen LogP contribution < -0.4 is 10.5 Å².